The molecule has 0 amide bonds. The summed E-state index contributed by atoms with van der Waals surface area (Å²) in [6.07, 6.45) is 3.23. The summed E-state index contributed by atoms with van der Waals surface area (Å²) in [4.78, 5) is 9.24. The smallest absolute Gasteiger partial charge is 0.318 e. The third-order valence-corrected chi connectivity index (χ3v) is 3.02. The molecule has 0 saturated carbocycles. The molecule has 1 aliphatic heterocycles. The summed E-state index contributed by atoms with van der Waals surface area (Å²) >= 11 is 4.74. The van der Waals surface area contributed by atoms with E-state index < -0.39 is 5.97 Å². The molecule has 1 saturated heterocycles. The van der Waals surface area contributed by atoms with E-state index in [0.717, 1.165) is 12.8 Å². The van der Waals surface area contributed by atoms with Gasteiger partial charge in [-0.3, -0.25) is 4.79 Å². The number of alkyl halides is 1. The molecule has 95 valence electrons. The molecule has 4 nitrogen and oxygen atoms in total. The maximum Gasteiger partial charge on any atom is 0.318 e. The molecule has 1 rings (SSSR count). The lowest BCUT2D eigenvalue weighted by molar-refractivity contribution is -0.286. The molecule has 1 radical (unpaired) electrons. The summed E-state index contributed by atoms with van der Waals surface area (Å²) < 4.78 is 0. The second kappa shape index (κ2) is 5.84. The zero-order valence-corrected chi connectivity index (χ0v) is 11.2. The molecule has 1 N–H and O–H groups in total. The molecule has 16 heavy (non-hydrogen) atoms. The van der Waals surface area contributed by atoms with E-state index in [1.54, 1.807) is 0 Å². The van der Waals surface area contributed by atoms with Crippen LogP contribution in [0.4, 0.5) is 0 Å². The first-order valence-electron chi connectivity index (χ1n) is 5.39. The Morgan fingerprint density at radius 1 is 1.25 bits per heavy atom. The predicted molar refractivity (Wildman–Crippen MR) is 62.9 cm³/mol. The summed E-state index contributed by atoms with van der Waals surface area (Å²) in [6.45, 7) is 8.11. The van der Waals surface area contributed by atoms with E-state index in [2.05, 4.69) is 0 Å². The minimum Gasteiger partial charge on any atom is -0.480 e. The molecule has 0 atom stereocenters. The van der Waals surface area contributed by atoms with Crippen molar-refractivity contribution >= 4 is 17.6 Å². The van der Waals surface area contributed by atoms with Crippen LogP contribution in [0, 0.1) is 0 Å². The zero-order valence-electron chi connectivity index (χ0n) is 10.4. The van der Waals surface area contributed by atoms with Gasteiger partial charge in [-0.15, -0.1) is 21.9 Å². The van der Waals surface area contributed by atoms with Gasteiger partial charge in [0.25, 0.3) is 0 Å². The third-order valence-electron chi connectivity index (χ3n) is 2.79. The Morgan fingerprint density at radius 2 is 1.56 bits per heavy atom. The van der Waals surface area contributed by atoms with Crippen molar-refractivity contribution in [2.24, 2.45) is 0 Å². The minimum atomic E-state index is -0.980. The van der Waals surface area contributed by atoms with Crippen LogP contribution in [0.5, 0.6) is 0 Å². The molecule has 0 aromatic rings. The van der Waals surface area contributed by atoms with E-state index in [4.69, 9.17) is 16.7 Å². The monoisotopic (exact) mass is 250 g/mol. The quantitative estimate of drug-likeness (QED) is 0.728. The van der Waals surface area contributed by atoms with Crippen LogP contribution in [0.3, 0.4) is 0 Å². The number of halogens is 1. The Kier molecular flexibility index (Phi) is 5.73. The van der Waals surface area contributed by atoms with Crippen molar-refractivity contribution in [2.45, 2.75) is 58.0 Å². The van der Waals surface area contributed by atoms with Gasteiger partial charge in [0.05, 0.1) is 0 Å². The van der Waals surface area contributed by atoms with Gasteiger partial charge in [0, 0.05) is 11.1 Å². The van der Waals surface area contributed by atoms with Crippen LogP contribution in [0.1, 0.15) is 47.0 Å². The molecule has 5 heteroatoms. The standard InChI is InChI=1S/C9H18NO.C2H3ClO2/c1-8(2)6-5-7-9(3,4)10(8)11;3-1-2(4)5/h5-7H2,1-4H3;1H2,(H,4,5). The Morgan fingerprint density at radius 3 is 1.75 bits per heavy atom. The molecule has 0 bridgehead atoms. The fourth-order valence-electron chi connectivity index (χ4n) is 1.98. The highest BCUT2D eigenvalue weighted by Gasteiger charge is 2.41. The van der Waals surface area contributed by atoms with Crippen LogP contribution in [-0.2, 0) is 10.0 Å². The highest BCUT2D eigenvalue weighted by Crippen LogP contribution is 2.36. The molecule has 0 unspecified atom stereocenters. The normalized spacial score (nSPS) is 23.1. The number of hydrogen-bond acceptors (Lipinski definition) is 2. The van der Waals surface area contributed by atoms with E-state index in [0.29, 0.717) is 0 Å². The first-order valence-corrected chi connectivity index (χ1v) is 5.92. The van der Waals surface area contributed by atoms with Gasteiger partial charge in [-0.05, 0) is 47.0 Å². The number of hydrogen-bond donors (Lipinski definition) is 1. The van der Waals surface area contributed by atoms with Gasteiger partial charge in [0.1, 0.15) is 5.88 Å². The molecule has 0 aliphatic carbocycles. The largest absolute Gasteiger partial charge is 0.480 e. The summed E-state index contributed by atoms with van der Waals surface area (Å²) in [7, 11) is 0. The highest BCUT2D eigenvalue weighted by atomic mass is 35.5. The summed E-state index contributed by atoms with van der Waals surface area (Å²) in [6, 6.07) is 0. The van der Waals surface area contributed by atoms with E-state index in [9.17, 15) is 10.0 Å². The number of rotatable bonds is 1. The first-order chi connectivity index (χ1) is 7.13. The molecule has 1 aliphatic rings. The number of piperidine rings is 1. The SMILES string of the molecule is CC1(C)CCCC(C)(C)N1[O].O=C(O)CCl. The lowest BCUT2D eigenvalue weighted by atomic mass is 9.82. The van der Waals surface area contributed by atoms with Crippen LogP contribution in [0.2, 0.25) is 0 Å². The Bertz CT molecular complexity index is 225. The van der Waals surface area contributed by atoms with Crippen molar-refractivity contribution in [3.8, 4) is 0 Å². The fourth-order valence-corrected chi connectivity index (χ4v) is 1.98. The molecule has 0 spiro atoms. The van der Waals surface area contributed by atoms with Crippen LogP contribution >= 0.6 is 11.6 Å². The lowest BCUT2D eigenvalue weighted by Crippen LogP contribution is -2.55. The van der Waals surface area contributed by atoms with Crippen LogP contribution in [0.15, 0.2) is 0 Å². The van der Waals surface area contributed by atoms with Gasteiger partial charge >= 0.3 is 5.97 Å². The summed E-state index contributed by atoms with van der Waals surface area (Å²) in [5.41, 5.74) is -0.302. The van der Waals surface area contributed by atoms with Crippen molar-refractivity contribution in [2.75, 3.05) is 5.88 Å². The van der Waals surface area contributed by atoms with E-state index in [1.165, 1.54) is 11.5 Å². The Hall–Kier alpha value is -0.320. The number of carboxylic acid groups (broad SMARTS) is 1. The zero-order chi connectivity index (χ0) is 13.0. The van der Waals surface area contributed by atoms with Crippen LogP contribution < -0.4 is 0 Å². The lowest BCUT2D eigenvalue weighted by Gasteiger charge is -2.46. The predicted octanol–water partition coefficient (Wildman–Crippen LogP) is 2.68. The van der Waals surface area contributed by atoms with Crippen LogP contribution in [0.25, 0.3) is 0 Å². The number of carbonyl (C=O) groups is 1. The minimum absolute atomic E-state index is 0.151. The second-order valence-electron chi connectivity index (χ2n) is 5.30. The topological polar surface area (TPSA) is 60.4 Å². The number of nitrogens with zero attached hydrogens (tertiary/aromatic N) is 1. The average molecular weight is 251 g/mol. The number of carboxylic acids is 1. The highest BCUT2D eigenvalue weighted by molar-refractivity contribution is 6.26. The summed E-state index contributed by atoms with van der Waals surface area (Å²) in [5, 5.41) is 20.5. The van der Waals surface area contributed by atoms with Crippen LogP contribution in [-0.4, -0.2) is 33.1 Å². The van der Waals surface area contributed by atoms with Gasteiger partial charge < -0.3 is 5.11 Å². The van der Waals surface area contributed by atoms with Gasteiger partial charge in [-0.2, -0.15) is 0 Å². The second-order valence-corrected chi connectivity index (χ2v) is 5.57. The van der Waals surface area contributed by atoms with Crippen molar-refractivity contribution in [3.63, 3.8) is 0 Å². The maximum absolute atomic E-state index is 11.7. The number of aliphatic carboxylic acids is 1. The molecule has 0 aromatic carbocycles. The van der Waals surface area contributed by atoms with Gasteiger partial charge in [0.15, 0.2) is 0 Å². The van der Waals surface area contributed by atoms with Crippen molar-refractivity contribution in [1.29, 1.82) is 0 Å². The van der Waals surface area contributed by atoms with Gasteiger partial charge in [-0.25, -0.2) is 0 Å². The molecular weight excluding hydrogens is 230 g/mol. The van der Waals surface area contributed by atoms with Crippen molar-refractivity contribution in [1.82, 2.24) is 5.06 Å². The van der Waals surface area contributed by atoms with E-state index in [-0.39, 0.29) is 17.0 Å². The first kappa shape index (κ1) is 15.7. The number of hydroxylamine groups is 2. The molecule has 1 fully saturated rings. The average Bonchev–Trinajstić information content (AvgIpc) is 2.15. The van der Waals surface area contributed by atoms with Gasteiger partial charge in [0.2, 0.25) is 0 Å². The summed E-state index contributed by atoms with van der Waals surface area (Å²) in [5.74, 6) is -1.29. The fraction of sp³-hybridized carbons (Fsp3) is 0.909. The van der Waals surface area contributed by atoms with Crippen molar-refractivity contribution < 1.29 is 15.1 Å². The van der Waals surface area contributed by atoms with Gasteiger partial charge in [-0.1, -0.05) is 0 Å². The van der Waals surface area contributed by atoms with E-state index in [1.807, 2.05) is 27.7 Å². The third kappa shape index (κ3) is 4.68. The molecular formula is C11H21ClNO3. The Labute approximate surface area is 102 Å². The molecule has 0 aromatic heterocycles. The molecule has 1 heterocycles. The Balaban J connectivity index is 0.000000385. The van der Waals surface area contributed by atoms with E-state index >= 15 is 0 Å². The maximum atomic E-state index is 11.7. The van der Waals surface area contributed by atoms with Crippen molar-refractivity contribution in [3.05, 3.63) is 0 Å².